The van der Waals surface area contributed by atoms with E-state index in [1.54, 1.807) is 0 Å². The van der Waals surface area contributed by atoms with E-state index in [-0.39, 0.29) is 12.5 Å². The Morgan fingerprint density at radius 1 is 1.13 bits per heavy atom. The summed E-state index contributed by atoms with van der Waals surface area (Å²) in [6.45, 7) is 2.57. The summed E-state index contributed by atoms with van der Waals surface area (Å²) in [5.41, 5.74) is 5.37. The van der Waals surface area contributed by atoms with E-state index in [1.807, 2.05) is 66.1 Å². The van der Waals surface area contributed by atoms with Crippen molar-refractivity contribution in [2.45, 2.75) is 26.5 Å². The van der Waals surface area contributed by atoms with Crippen molar-refractivity contribution in [2.75, 3.05) is 0 Å². The first-order chi connectivity index (χ1) is 11.3. The number of benzene rings is 2. The van der Waals surface area contributed by atoms with Gasteiger partial charge in [-0.2, -0.15) is 0 Å². The highest BCUT2D eigenvalue weighted by Crippen LogP contribution is 2.16. The monoisotopic (exact) mass is 309 g/mol. The molecule has 0 aliphatic heterocycles. The number of amides is 1. The van der Waals surface area contributed by atoms with Gasteiger partial charge < -0.3 is 4.57 Å². The predicted molar refractivity (Wildman–Crippen MR) is 88.5 cm³/mol. The van der Waals surface area contributed by atoms with Gasteiger partial charge in [0.1, 0.15) is 12.4 Å². The summed E-state index contributed by atoms with van der Waals surface area (Å²) in [4.78, 5) is 22.0. The lowest BCUT2D eigenvalue weighted by Gasteiger charge is -2.09. The van der Waals surface area contributed by atoms with Gasteiger partial charge in [0.2, 0.25) is 0 Å². The van der Waals surface area contributed by atoms with Gasteiger partial charge in [-0.1, -0.05) is 49.4 Å². The molecule has 0 unspecified atom stereocenters. The van der Waals surface area contributed by atoms with Gasteiger partial charge in [0.15, 0.2) is 0 Å². The molecule has 23 heavy (non-hydrogen) atoms. The Bertz CT molecular complexity index is 796. The van der Waals surface area contributed by atoms with Gasteiger partial charge in [-0.15, -0.1) is 0 Å². The molecule has 0 aliphatic carbocycles. The summed E-state index contributed by atoms with van der Waals surface area (Å²) >= 11 is 0. The van der Waals surface area contributed by atoms with Gasteiger partial charge in [-0.05, 0) is 17.7 Å². The second kappa shape index (κ2) is 7.07. The Labute approximate surface area is 134 Å². The normalized spacial score (nSPS) is 10.8. The number of imidazole rings is 1. The van der Waals surface area contributed by atoms with Gasteiger partial charge in [0.25, 0.3) is 5.91 Å². The van der Waals surface area contributed by atoms with Crippen molar-refractivity contribution in [3.8, 4) is 0 Å². The fourth-order valence-electron chi connectivity index (χ4n) is 2.52. The number of rotatable bonds is 6. The first-order valence-corrected chi connectivity index (χ1v) is 7.66. The van der Waals surface area contributed by atoms with Crippen molar-refractivity contribution in [3.63, 3.8) is 0 Å². The number of nitrogens with one attached hydrogen (secondary N) is 1. The van der Waals surface area contributed by atoms with Crippen LogP contribution in [-0.2, 0) is 29.2 Å². The highest BCUT2D eigenvalue weighted by atomic mass is 16.6. The molecule has 2 aromatic carbocycles. The summed E-state index contributed by atoms with van der Waals surface area (Å²) in [7, 11) is 0. The molecule has 0 fully saturated rings. The first-order valence-electron chi connectivity index (χ1n) is 7.66. The van der Waals surface area contributed by atoms with Crippen molar-refractivity contribution in [1.29, 1.82) is 0 Å². The number of nitrogens with zero attached hydrogens (tertiary/aromatic N) is 2. The van der Waals surface area contributed by atoms with Crippen LogP contribution in [0.5, 0.6) is 0 Å². The molecule has 5 nitrogen and oxygen atoms in total. The number of fused-ring (bicyclic) bond motifs is 1. The number of para-hydroxylation sites is 2. The second-order valence-electron chi connectivity index (χ2n) is 5.26. The number of hydroxylamine groups is 1. The molecule has 1 N–H and O–H groups in total. The quantitative estimate of drug-likeness (QED) is 0.712. The molecule has 0 aliphatic rings. The lowest BCUT2D eigenvalue weighted by atomic mass is 10.2. The second-order valence-corrected chi connectivity index (χ2v) is 5.26. The van der Waals surface area contributed by atoms with Gasteiger partial charge in [-0.3, -0.25) is 9.63 Å². The van der Waals surface area contributed by atoms with Crippen LogP contribution >= 0.6 is 0 Å². The molecule has 3 aromatic rings. The third kappa shape index (κ3) is 3.57. The molecular weight excluding hydrogens is 290 g/mol. The molecule has 1 heterocycles. The van der Waals surface area contributed by atoms with Crippen LogP contribution in [0.15, 0.2) is 54.6 Å². The Hall–Kier alpha value is -2.66. The fourth-order valence-corrected chi connectivity index (χ4v) is 2.52. The lowest BCUT2D eigenvalue weighted by Crippen LogP contribution is -2.28. The van der Waals surface area contributed by atoms with Crippen LogP contribution in [0.4, 0.5) is 0 Å². The minimum atomic E-state index is -0.196. The molecule has 118 valence electrons. The van der Waals surface area contributed by atoms with Crippen LogP contribution in [0.3, 0.4) is 0 Å². The molecule has 0 saturated heterocycles. The highest BCUT2D eigenvalue weighted by molar-refractivity contribution is 5.80. The van der Waals surface area contributed by atoms with Crippen molar-refractivity contribution in [1.82, 2.24) is 15.0 Å². The number of aryl methyl sites for hydroxylation is 1. The number of hydrogen-bond acceptors (Lipinski definition) is 3. The van der Waals surface area contributed by atoms with Crippen LogP contribution in [-0.4, -0.2) is 15.5 Å². The van der Waals surface area contributed by atoms with Crippen LogP contribution < -0.4 is 5.48 Å². The maximum atomic E-state index is 12.1. The van der Waals surface area contributed by atoms with E-state index in [0.29, 0.717) is 6.61 Å². The van der Waals surface area contributed by atoms with Crippen LogP contribution in [0.2, 0.25) is 0 Å². The van der Waals surface area contributed by atoms with Gasteiger partial charge in [0.05, 0.1) is 17.6 Å². The van der Waals surface area contributed by atoms with Crippen LogP contribution in [0, 0.1) is 0 Å². The average Bonchev–Trinajstić information content (AvgIpc) is 2.94. The Morgan fingerprint density at radius 3 is 2.65 bits per heavy atom. The molecule has 0 saturated carbocycles. The van der Waals surface area contributed by atoms with E-state index < -0.39 is 0 Å². The number of carbonyl (C=O) groups is 1. The molecular formula is C18H19N3O2. The predicted octanol–water partition coefficient (Wildman–Crippen LogP) is 2.85. The van der Waals surface area contributed by atoms with Gasteiger partial charge in [-0.25, -0.2) is 10.5 Å². The number of hydrogen-bond donors (Lipinski definition) is 1. The third-order valence-electron chi connectivity index (χ3n) is 3.62. The Kier molecular flexibility index (Phi) is 4.68. The minimum absolute atomic E-state index is 0.193. The van der Waals surface area contributed by atoms with Gasteiger partial charge >= 0.3 is 0 Å². The third-order valence-corrected chi connectivity index (χ3v) is 3.62. The Morgan fingerprint density at radius 2 is 1.87 bits per heavy atom. The summed E-state index contributed by atoms with van der Waals surface area (Å²) in [6.07, 6.45) is 0.771. The summed E-state index contributed by atoms with van der Waals surface area (Å²) in [6, 6.07) is 17.5. The minimum Gasteiger partial charge on any atom is -0.318 e. The van der Waals surface area contributed by atoms with Crippen molar-refractivity contribution >= 4 is 16.9 Å². The maximum absolute atomic E-state index is 12.1. The standard InChI is InChI=1S/C18H19N3O2/c1-2-17-19-15-10-6-7-11-16(15)21(17)12-18(22)20-23-13-14-8-4-3-5-9-14/h3-11H,2,12-13H2,1H3,(H,20,22). The summed E-state index contributed by atoms with van der Waals surface area (Å²) < 4.78 is 1.93. The molecule has 0 radical (unpaired) electrons. The Balaban J connectivity index is 1.64. The zero-order valence-electron chi connectivity index (χ0n) is 13.0. The molecule has 0 spiro atoms. The van der Waals surface area contributed by atoms with Crippen LogP contribution in [0.25, 0.3) is 11.0 Å². The largest absolute Gasteiger partial charge is 0.318 e. The van der Waals surface area contributed by atoms with Crippen molar-refractivity contribution < 1.29 is 9.63 Å². The van der Waals surface area contributed by atoms with E-state index in [4.69, 9.17) is 4.84 Å². The maximum Gasteiger partial charge on any atom is 0.263 e. The highest BCUT2D eigenvalue weighted by Gasteiger charge is 2.12. The summed E-state index contributed by atoms with van der Waals surface area (Å²) in [5, 5.41) is 0. The molecule has 1 amide bonds. The molecule has 3 rings (SSSR count). The topological polar surface area (TPSA) is 56.2 Å². The zero-order chi connectivity index (χ0) is 16.1. The van der Waals surface area contributed by atoms with E-state index in [1.165, 1.54) is 0 Å². The smallest absolute Gasteiger partial charge is 0.263 e. The van der Waals surface area contributed by atoms with Crippen molar-refractivity contribution in [2.24, 2.45) is 0 Å². The van der Waals surface area contributed by atoms with E-state index >= 15 is 0 Å². The van der Waals surface area contributed by atoms with E-state index in [0.717, 1.165) is 28.8 Å². The number of aromatic nitrogens is 2. The van der Waals surface area contributed by atoms with E-state index in [9.17, 15) is 4.79 Å². The SMILES string of the molecule is CCc1nc2ccccc2n1CC(=O)NOCc1ccccc1. The molecule has 0 atom stereocenters. The first kappa shape index (κ1) is 15.2. The van der Waals surface area contributed by atoms with E-state index in [2.05, 4.69) is 10.5 Å². The van der Waals surface area contributed by atoms with Gasteiger partial charge in [0, 0.05) is 6.42 Å². The molecule has 1 aromatic heterocycles. The fraction of sp³-hybridized carbons (Fsp3) is 0.222. The molecule has 5 heteroatoms. The average molecular weight is 309 g/mol. The number of carbonyl (C=O) groups excluding carboxylic acids is 1. The van der Waals surface area contributed by atoms with Crippen molar-refractivity contribution in [3.05, 3.63) is 66.0 Å². The summed E-state index contributed by atoms with van der Waals surface area (Å²) in [5.74, 6) is 0.697. The lowest BCUT2D eigenvalue weighted by molar-refractivity contribution is -0.135. The molecule has 0 bridgehead atoms. The zero-order valence-corrected chi connectivity index (χ0v) is 13.0. The van der Waals surface area contributed by atoms with Crippen LogP contribution in [0.1, 0.15) is 18.3 Å².